The largest absolute Gasteiger partial charge is 0.455 e. The molecule has 0 saturated heterocycles. The predicted molar refractivity (Wildman–Crippen MR) is 222 cm³/mol. The van der Waals surface area contributed by atoms with E-state index < -0.39 is 0 Å². The van der Waals surface area contributed by atoms with E-state index in [1.165, 1.54) is 32.7 Å². The van der Waals surface area contributed by atoms with Gasteiger partial charge in [0.1, 0.15) is 22.3 Å². The van der Waals surface area contributed by atoms with Crippen LogP contribution < -0.4 is 4.90 Å². The Morgan fingerprint density at radius 1 is 0.358 bits per heavy atom. The molecule has 0 amide bonds. The highest BCUT2D eigenvalue weighted by Gasteiger charge is 2.26. The molecule has 0 radical (unpaired) electrons. The lowest BCUT2D eigenvalue weighted by Crippen LogP contribution is -2.11. The quantitative estimate of drug-likeness (QED) is 0.182. The van der Waals surface area contributed by atoms with E-state index in [4.69, 9.17) is 8.83 Å². The molecule has 2 heterocycles. The molecule has 0 aliphatic heterocycles. The maximum atomic E-state index is 7.01. The number of hydrogen-bond donors (Lipinski definition) is 0. The Morgan fingerprint density at radius 3 is 1.89 bits per heavy atom. The molecule has 0 aliphatic carbocycles. The van der Waals surface area contributed by atoms with Gasteiger partial charge >= 0.3 is 0 Å². The number of nitrogens with zero attached hydrogens (tertiary/aromatic N) is 1. The maximum absolute atomic E-state index is 7.01. The van der Waals surface area contributed by atoms with Crippen molar-refractivity contribution in [3.05, 3.63) is 188 Å². The Kier molecular flexibility index (Phi) is 6.55. The molecule has 2 aromatic heterocycles. The fraction of sp³-hybridized carbons (Fsp3) is 0. The van der Waals surface area contributed by atoms with Gasteiger partial charge in [0, 0.05) is 38.5 Å². The molecule has 11 aromatic rings. The highest BCUT2D eigenvalue weighted by molar-refractivity contribution is 6.23. The van der Waals surface area contributed by atoms with Gasteiger partial charge in [-0.25, -0.2) is 0 Å². The first-order valence-electron chi connectivity index (χ1n) is 18.0. The molecule has 0 bridgehead atoms. The summed E-state index contributed by atoms with van der Waals surface area (Å²) >= 11 is 0. The van der Waals surface area contributed by atoms with Crippen molar-refractivity contribution in [3.8, 4) is 22.3 Å². The van der Waals surface area contributed by atoms with Gasteiger partial charge in [-0.15, -0.1) is 0 Å². The molecule has 53 heavy (non-hydrogen) atoms. The zero-order valence-electron chi connectivity index (χ0n) is 28.7. The fourth-order valence-electron chi connectivity index (χ4n) is 8.17. The van der Waals surface area contributed by atoms with Gasteiger partial charge in [0.15, 0.2) is 0 Å². The molecule has 0 spiro atoms. The highest BCUT2D eigenvalue weighted by atomic mass is 16.3. The topological polar surface area (TPSA) is 29.5 Å². The lowest BCUT2D eigenvalue weighted by Gasteiger charge is -2.28. The van der Waals surface area contributed by atoms with Crippen LogP contribution in [-0.2, 0) is 0 Å². The average molecular weight is 678 g/mol. The molecule has 0 aliphatic rings. The van der Waals surface area contributed by atoms with Crippen molar-refractivity contribution in [2.45, 2.75) is 0 Å². The third-order valence-corrected chi connectivity index (χ3v) is 10.6. The second-order valence-electron chi connectivity index (χ2n) is 13.7. The molecular formula is C50H31NO2. The van der Waals surface area contributed by atoms with Gasteiger partial charge < -0.3 is 13.7 Å². The zero-order valence-corrected chi connectivity index (χ0v) is 28.7. The number of benzene rings is 9. The van der Waals surface area contributed by atoms with Crippen LogP contribution in [0.1, 0.15) is 0 Å². The molecule has 9 aromatic carbocycles. The average Bonchev–Trinajstić information content (AvgIpc) is 3.81. The van der Waals surface area contributed by atoms with E-state index in [0.717, 1.165) is 72.1 Å². The summed E-state index contributed by atoms with van der Waals surface area (Å²) in [7, 11) is 0. The molecular weight excluding hydrogens is 647 g/mol. The Hall–Kier alpha value is -7.10. The molecule has 0 unspecified atom stereocenters. The van der Waals surface area contributed by atoms with Gasteiger partial charge in [-0.1, -0.05) is 140 Å². The van der Waals surface area contributed by atoms with Crippen molar-refractivity contribution in [3.63, 3.8) is 0 Å². The predicted octanol–water partition coefficient (Wildman–Crippen LogP) is 14.6. The van der Waals surface area contributed by atoms with Gasteiger partial charge in [0.2, 0.25) is 0 Å². The first kappa shape index (κ1) is 29.6. The Balaban J connectivity index is 1.25. The van der Waals surface area contributed by atoms with Gasteiger partial charge in [-0.05, 0) is 81.2 Å². The van der Waals surface area contributed by atoms with Gasteiger partial charge in [0.05, 0.1) is 11.3 Å². The van der Waals surface area contributed by atoms with Crippen molar-refractivity contribution in [2.24, 2.45) is 0 Å². The highest BCUT2D eigenvalue weighted by Crippen LogP contribution is 2.50. The van der Waals surface area contributed by atoms with Crippen LogP contribution in [0.25, 0.3) is 87.7 Å². The van der Waals surface area contributed by atoms with E-state index in [1.807, 2.05) is 12.1 Å². The van der Waals surface area contributed by atoms with Crippen molar-refractivity contribution in [1.82, 2.24) is 0 Å². The minimum atomic E-state index is 0.827. The summed E-state index contributed by atoms with van der Waals surface area (Å²) < 4.78 is 13.8. The number of fused-ring (bicyclic) bond motifs is 9. The standard InChI is InChI=1S/C50H31NO2/c1-2-11-32(12-3-1)34-21-25-37(26-22-34)51(38-27-23-33-13-4-5-15-36(33)31-38)44-29-28-43-47-39-16-7-6-14-35(39)24-30-46(47)53-50(43)48(44)42-19-10-18-41-40-17-8-9-20-45(40)52-49(41)42/h1-31H. The van der Waals surface area contributed by atoms with Gasteiger partial charge in [-0.3, -0.25) is 0 Å². The molecule has 0 atom stereocenters. The van der Waals surface area contributed by atoms with Crippen LogP contribution in [-0.4, -0.2) is 0 Å². The van der Waals surface area contributed by atoms with Crippen LogP contribution >= 0.6 is 0 Å². The van der Waals surface area contributed by atoms with Crippen molar-refractivity contribution >= 4 is 82.5 Å². The van der Waals surface area contributed by atoms with Crippen LogP contribution in [0.15, 0.2) is 197 Å². The van der Waals surface area contributed by atoms with Gasteiger partial charge in [0.25, 0.3) is 0 Å². The van der Waals surface area contributed by atoms with Crippen LogP contribution in [0.5, 0.6) is 0 Å². The van der Waals surface area contributed by atoms with Crippen molar-refractivity contribution < 1.29 is 8.83 Å². The first-order valence-corrected chi connectivity index (χ1v) is 18.0. The Labute approximate surface area is 305 Å². The molecule has 3 heteroatoms. The first-order chi connectivity index (χ1) is 26.3. The normalized spacial score (nSPS) is 11.8. The number of furan rings is 2. The molecule has 0 saturated carbocycles. The molecule has 11 rings (SSSR count). The van der Waals surface area contributed by atoms with Crippen molar-refractivity contribution in [1.29, 1.82) is 0 Å². The van der Waals surface area contributed by atoms with Crippen LogP contribution in [0, 0.1) is 0 Å². The maximum Gasteiger partial charge on any atom is 0.145 e. The van der Waals surface area contributed by atoms with Crippen molar-refractivity contribution in [2.75, 3.05) is 4.90 Å². The third kappa shape index (κ3) is 4.68. The van der Waals surface area contributed by atoms with Crippen LogP contribution in [0.2, 0.25) is 0 Å². The Bertz CT molecular complexity index is 3170. The third-order valence-electron chi connectivity index (χ3n) is 10.6. The summed E-state index contributed by atoms with van der Waals surface area (Å²) in [5.74, 6) is 0. The molecule has 0 N–H and O–H groups in total. The summed E-state index contributed by atoms with van der Waals surface area (Å²) in [5.41, 5.74) is 10.8. The summed E-state index contributed by atoms with van der Waals surface area (Å²) in [5, 5.41) is 9.09. The summed E-state index contributed by atoms with van der Waals surface area (Å²) in [4.78, 5) is 2.36. The summed E-state index contributed by atoms with van der Waals surface area (Å²) in [6.45, 7) is 0. The van der Waals surface area contributed by atoms with E-state index in [2.05, 4.69) is 181 Å². The van der Waals surface area contributed by atoms with E-state index in [1.54, 1.807) is 0 Å². The van der Waals surface area contributed by atoms with E-state index in [9.17, 15) is 0 Å². The molecule has 0 fully saturated rings. The molecule has 248 valence electrons. The number of rotatable bonds is 5. The minimum Gasteiger partial charge on any atom is -0.455 e. The number of hydrogen-bond acceptors (Lipinski definition) is 3. The van der Waals surface area contributed by atoms with Crippen LogP contribution in [0.3, 0.4) is 0 Å². The van der Waals surface area contributed by atoms with E-state index in [0.29, 0.717) is 0 Å². The number of para-hydroxylation sites is 2. The minimum absolute atomic E-state index is 0.827. The number of anilines is 3. The van der Waals surface area contributed by atoms with Gasteiger partial charge in [-0.2, -0.15) is 0 Å². The van der Waals surface area contributed by atoms with E-state index in [-0.39, 0.29) is 0 Å². The smallest absolute Gasteiger partial charge is 0.145 e. The summed E-state index contributed by atoms with van der Waals surface area (Å²) in [6, 6.07) is 66.7. The second-order valence-corrected chi connectivity index (χ2v) is 13.7. The molecule has 3 nitrogen and oxygen atoms in total. The Morgan fingerprint density at radius 2 is 1.02 bits per heavy atom. The van der Waals surface area contributed by atoms with E-state index >= 15 is 0 Å². The monoisotopic (exact) mass is 677 g/mol. The lowest BCUT2D eigenvalue weighted by molar-refractivity contribution is 0.665. The van der Waals surface area contributed by atoms with Crippen LogP contribution in [0.4, 0.5) is 17.1 Å². The second kappa shape index (κ2) is 11.7. The SMILES string of the molecule is c1ccc(-c2ccc(N(c3ccc4ccccc4c3)c3ccc4c(oc5ccc6ccccc6c54)c3-c3cccc4c3oc3ccccc34)cc2)cc1. The summed E-state index contributed by atoms with van der Waals surface area (Å²) in [6.07, 6.45) is 0. The zero-order chi connectivity index (χ0) is 34.9. The fourth-order valence-corrected chi connectivity index (χ4v) is 8.17. The lowest BCUT2D eigenvalue weighted by atomic mass is 9.95.